The number of carbonyl (C=O) groups is 2. The number of hydrogen-bond acceptors (Lipinski definition) is 4. The average molecular weight is 436 g/mol. The minimum atomic E-state index is -1.48. The fourth-order valence-electron chi connectivity index (χ4n) is 4.04. The second-order valence-electron chi connectivity index (χ2n) is 9.13. The molecular formula is C25H29N3O4. The number of fused-ring (bicyclic) bond motifs is 3. The quantitative estimate of drug-likeness (QED) is 0.397. The summed E-state index contributed by atoms with van der Waals surface area (Å²) in [7, 11) is 0. The van der Waals surface area contributed by atoms with Crippen LogP contribution in [-0.4, -0.2) is 46.7 Å². The molecule has 7 nitrogen and oxygen atoms in total. The van der Waals surface area contributed by atoms with Crippen molar-refractivity contribution in [1.82, 2.24) is 5.32 Å². The molecule has 0 aliphatic heterocycles. The first-order valence-electron chi connectivity index (χ1n) is 10.6. The van der Waals surface area contributed by atoms with E-state index in [-0.39, 0.29) is 12.5 Å². The predicted molar refractivity (Wildman–Crippen MR) is 122 cm³/mol. The molecule has 0 fully saturated rings. The SMILES string of the molecule is C[C@H](OC(C)(C)C)C(C)(NC(=O)OCC1c2ccccc2-c2ccccc21)C(=O)C=[N+]=[N-]. The molecule has 3 rings (SSSR count). The molecule has 2 aromatic carbocycles. The molecule has 2 atom stereocenters. The Labute approximate surface area is 188 Å². The highest BCUT2D eigenvalue weighted by Crippen LogP contribution is 2.44. The third-order valence-corrected chi connectivity index (χ3v) is 5.74. The summed E-state index contributed by atoms with van der Waals surface area (Å²) < 4.78 is 11.5. The van der Waals surface area contributed by atoms with E-state index >= 15 is 0 Å². The topological polar surface area (TPSA) is 101 Å². The van der Waals surface area contributed by atoms with Crippen molar-refractivity contribution in [2.45, 2.75) is 57.8 Å². The maximum absolute atomic E-state index is 12.8. The summed E-state index contributed by atoms with van der Waals surface area (Å²) in [5.74, 6) is -0.706. The summed E-state index contributed by atoms with van der Waals surface area (Å²) in [4.78, 5) is 28.3. The Bertz CT molecular complexity index is 1020. The van der Waals surface area contributed by atoms with Gasteiger partial charge in [0.05, 0.1) is 11.7 Å². The van der Waals surface area contributed by atoms with Crippen LogP contribution in [0.2, 0.25) is 0 Å². The molecule has 0 saturated carbocycles. The molecule has 0 radical (unpaired) electrons. The van der Waals surface area contributed by atoms with Crippen molar-refractivity contribution in [3.63, 3.8) is 0 Å². The Morgan fingerprint density at radius 2 is 1.59 bits per heavy atom. The Morgan fingerprint density at radius 1 is 1.06 bits per heavy atom. The molecule has 0 aromatic heterocycles. The molecule has 0 saturated heterocycles. The molecule has 1 unspecified atom stereocenters. The largest absolute Gasteiger partial charge is 0.449 e. The molecule has 7 heteroatoms. The number of carbonyl (C=O) groups excluding carboxylic acids is 2. The van der Waals surface area contributed by atoms with Gasteiger partial charge in [-0.05, 0) is 56.9 Å². The molecule has 1 aliphatic rings. The van der Waals surface area contributed by atoms with Crippen molar-refractivity contribution < 1.29 is 23.9 Å². The lowest BCUT2D eigenvalue weighted by molar-refractivity contribution is -0.134. The molecule has 0 spiro atoms. The Kier molecular flexibility index (Phi) is 6.63. The number of nitrogens with zero attached hydrogens (tertiary/aromatic N) is 2. The van der Waals surface area contributed by atoms with E-state index < -0.39 is 29.1 Å². The molecule has 32 heavy (non-hydrogen) atoms. The van der Waals surface area contributed by atoms with Gasteiger partial charge < -0.3 is 20.3 Å². The number of Topliss-reactive ketones (excluding diaryl/α,β-unsaturated/α-hetero) is 1. The lowest BCUT2D eigenvalue weighted by atomic mass is 9.90. The van der Waals surface area contributed by atoms with Gasteiger partial charge in [-0.1, -0.05) is 48.5 Å². The van der Waals surface area contributed by atoms with Crippen molar-refractivity contribution in [3.8, 4) is 11.1 Å². The molecule has 1 aliphatic carbocycles. The summed E-state index contributed by atoms with van der Waals surface area (Å²) in [6.07, 6.45) is -0.710. The first-order chi connectivity index (χ1) is 15.1. The van der Waals surface area contributed by atoms with Gasteiger partial charge in [-0.2, -0.15) is 4.79 Å². The summed E-state index contributed by atoms with van der Waals surface area (Å²) in [6.45, 7) is 8.87. The molecule has 0 heterocycles. The number of ketones is 1. The predicted octanol–water partition coefficient (Wildman–Crippen LogP) is 4.36. The van der Waals surface area contributed by atoms with Crippen molar-refractivity contribution >= 4 is 18.1 Å². The van der Waals surface area contributed by atoms with Gasteiger partial charge in [-0.15, -0.1) is 0 Å². The van der Waals surface area contributed by atoms with Gasteiger partial charge >= 0.3 is 12.3 Å². The molecule has 0 bridgehead atoms. The highest BCUT2D eigenvalue weighted by atomic mass is 16.6. The number of benzene rings is 2. The number of nitrogens with one attached hydrogen (secondary N) is 1. The smallest absolute Gasteiger partial charge is 0.408 e. The molecule has 168 valence electrons. The lowest BCUT2D eigenvalue weighted by Gasteiger charge is -2.36. The van der Waals surface area contributed by atoms with E-state index in [4.69, 9.17) is 15.0 Å². The fourth-order valence-corrected chi connectivity index (χ4v) is 4.04. The van der Waals surface area contributed by atoms with Gasteiger partial charge in [0.1, 0.15) is 12.1 Å². The summed E-state index contributed by atoms with van der Waals surface area (Å²) in [5, 5.41) is 2.63. The van der Waals surface area contributed by atoms with Crippen molar-refractivity contribution in [3.05, 3.63) is 65.2 Å². The average Bonchev–Trinajstić information content (AvgIpc) is 3.05. The second kappa shape index (κ2) is 9.07. The Balaban J connectivity index is 1.77. The van der Waals surface area contributed by atoms with Crippen LogP contribution in [0, 0.1) is 0 Å². The zero-order chi connectivity index (χ0) is 23.5. The standard InChI is InChI=1S/C25H29N3O4/c1-16(32-24(2,3)4)25(5,22(29)14-27-26)28-23(30)31-15-21-19-12-8-6-10-17(19)18-11-7-9-13-20(18)21/h6-14,16,21H,15H2,1-5H3,(H,28,30)/t16-,25?/m0/s1. The van der Waals surface area contributed by atoms with E-state index in [0.717, 1.165) is 28.5 Å². The van der Waals surface area contributed by atoms with E-state index in [0.29, 0.717) is 0 Å². The van der Waals surface area contributed by atoms with Crippen LogP contribution in [0.4, 0.5) is 4.79 Å². The van der Waals surface area contributed by atoms with Gasteiger partial charge in [0, 0.05) is 5.92 Å². The van der Waals surface area contributed by atoms with E-state index in [1.54, 1.807) is 6.92 Å². The Hall–Kier alpha value is -3.28. The van der Waals surface area contributed by atoms with Crippen LogP contribution in [0.25, 0.3) is 16.7 Å². The van der Waals surface area contributed by atoms with E-state index in [9.17, 15) is 9.59 Å². The van der Waals surface area contributed by atoms with Gasteiger partial charge in [-0.25, -0.2) is 4.79 Å². The minimum absolute atomic E-state index is 0.0997. The maximum atomic E-state index is 12.8. The fraction of sp³-hybridized carbons (Fsp3) is 0.400. The molecule has 2 aromatic rings. The molecule has 1 N–H and O–H groups in total. The Morgan fingerprint density at radius 3 is 2.09 bits per heavy atom. The van der Waals surface area contributed by atoms with E-state index in [2.05, 4.69) is 22.2 Å². The van der Waals surface area contributed by atoms with Crippen LogP contribution < -0.4 is 5.32 Å². The molecule has 1 amide bonds. The van der Waals surface area contributed by atoms with Crippen LogP contribution in [0.3, 0.4) is 0 Å². The normalized spacial score (nSPS) is 15.5. The lowest BCUT2D eigenvalue weighted by Crippen LogP contribution is -2.61. The van der Waals surface area contributed by atoms with Crippen LogP contribution in [-0.2, 0) is 14.3 Å². The number of hydrogen-bond donors (Lipinski definition) is 1. The number of ether oxygens (including phenoxy) is 2. The highest BCUT2D eigenvalue weighted by Gasteiger charge is 2.44. The minimum Gasteiger partial charge on any atom is -0.449 e. The summed E-state index contributed by atoms with van der Waals surface area (Å²) >= 11 is 0. The van der Waals surface area contributed by atoms with E-state index in [1.165, 1.54) is 6.92 Å². The van der Waals surface area contributed by atoms with Crippen LogP contribution >= 0.6 is 0 Å². The van der Waals surface area contributed by atoms with Crippen molar-refractivity contribution in [1.29, 1.82) is 0 Å². The first-order valence-corrected chi connectivity index (χ1v) is 10.6. The van der Waals surface area contributed by atoms with Gasteiger partial charge in [0.25, 0.3) is 5.78 Å². The number of amides is 1. The van der Waals surface area contributed by atoms with Crippen LogP contribution in [0.5, 0.6) is 0 Å². The van der Waals surface area contributed by atoms with Gasteiger partial charge in [0.15, 0.2) is 0 Å². The summed E-state index contributed by atoms with van der Waals surface area (Å²) in [5.41, 5.74) is 11.3. The zero-order valence-electron chi connectivity index (χ0n) is 19.1. The third kappa shape index (κ3) is 4.79. The van der Waals surface area contributed by atoms with Crippen molar-refractivity contribution in [2.24, 2.45) is 0 Å². The second-order valence-corrected chi connectivity index (χ2v) is 9.13. The number of rotatable bonds is 7. The number of alkyl carbamates (subject to hydrolysis) is 1. The maximum Gasteiger partial charge on any atom is 0.408 e. The van der Waals surface area contributed by atoms with Gasteiger partial charge in [0.2, 0.25) is 0 Å². The highest BCUT2D eigenvalue weighted by molar-refractivity contribution is 6.30. The van der Waals surface area contributed by atoms with Crippen LogP contribution in [0.15, 0.2) is 48.5 Å². The zero-order valence-corrected chi connectivity index (χ0v) is 19.1. The van der Waals surface area contributed by atoms with Gasteiger partial charge in [-0.3, -0.25) is 4.79 Å². The van der Waals surface area contributed by atoms with E-state index in [1.807, 2.05) is 57.2 Å². The summed E-state index contributed by atoms with van der Waals surface area (Å²) in [6, 6.07) is 16.1. The monoisotopic (exact) mass is 435 g/mol. The van der Waals surface area contributed by atoms with Crippen LogP contribution in [0.1, 0.15) is 51.7 Å². The first kappa shape index (κ1) is 23.4. The van der Waals surface area contributed by atoms with Crippen molar-refractivity contribution in [2.75, 3.05) is 6.61 Å². The molecular weight excluding hydrogens is 406 g/mol. The third-order valence-electron chi connectivity index (χ3n) is 5.74.